The number of anilines is 3. The van der Waals surface area contributed by atoms with E-state index in [2.05, 4.69) is 254 Å². The van der Waals surface area contributed by atoms with E-state index in [9.17, 15) is 0 Å². The first-order valence-electron chi connectivity index (χ1n) is 24.7. The summed E-state index contributed by atoms with van der Waals surface area (Å²) in [6.07, 6.45) is 0. The van der Waals surface area contributed by atoms with Crippen LogP contribution in [-0.2, 0) is 10.8 Å². The van der Waals surface area contributed by atoms with Gasteiger partial charge in [0.1, 0.15) is 11.5 Å². The van der Waals surface area contributed by atoms with Crippen LogP contribution < -0.4 is 9.64 Å². The zero-order valence-electron chi connectivity index (χ0n) is 38.8. The molecule has 0 atom stereocenters. The van der Waals surface area contributed by atoms with Crippen LogP contribution in [0.15, 0.2) is 259 Å². The summed E-state index contributed by atoms with van der Waals surface area (Å²) >= 11 is 3.76. The number of benzene rings is 11. The van der Waals surface area contributed by atoms with Gasteiger partial charge in [-0.3, -0.25) is 0 Å². The average Bonchev–Trinajstić information content (AvgIpc) is 4.07. The summed E-state index contributed by atoms with van der Waals surface area (Å²) in [5.41, 5.74) is 19.7. The van der Waals surface area contributed by atoms with E-state index in [0.29, 0.717) is 0 Å². The maximum atomic E-state index is 6.76. The van der Waals surface area contributed by atoms with Gasteiger partial charge in [0.25, 0.3) is 0 Å². The van der Waals surface area contributed by atoms with Crippen molar-refractivity contribution >= 4 is 60.3 Å². The van der Waals surface area contributed by atoms with Crippen molar-refractivity contribution < 1.29 is 4.74 Å². The summed E-state index contributed by atoms with van der Waals surface area (Å²) in [5.74, 6) is 1.78. The molecule has 2 aliphatic heterocycles. The monoisotopic (exact) mass is 951 g/mol. The molecule has 16 rings (SSSR count). The van der Waals surface area contributed by atoms with Crippen LogP contribution in [0.25, 0.3) is 53.6 Å². The number of thiophene rings is 1. The third-order valence-electron chi connectivity index (χ3n) is 16.0. The molecule has 0 unspecified atom stereocenters. The molecule has 0 saturated heterocycles. The molecule has 72 heavy (non-hydrogen) atoms. The van der Waals surface area contributed by atoms with Crippen molar-refractivity contribution in [3.05, 3.63) is 293 Å². The van der Waals surface area contributed by atoms with Crippen molar-refractivity contribution in [1.82, 2.24) is 0 Å². The van der Waals surface area contributed by atoms with Crippen molar-refractivity contribution in [2.75, 3.05) is 4.90 Å². The molecule has 0 fully saturated rings. The van der Waals surface area contributed by atoms with E-state index in [0.717, 1.165) is 39.7 Å². The molecule has 0 radical (unpaired) electrons. The van der Waals surface area contributed by atoms with Gasteiger partial charge in [-0.1, -0.05) is 194 Å². The maximum absolute atomic E-state index is 6.76. The number of ether oxygens (including phenoxy) is 1. The molecular formula is C68H41NOS2. The van der Waals surface area contributed by atoms with Crippen LogP contribution in [0.1, 0.15) is 44.5 Å². The Kier molecular flexibility index (Phi) is 8.43. The fraction of sp³-hybridized carbons (Fsp3) is 0.0294. The highest BCUT2D eigenvalue weighted by Gasteiger charge is 2.53. The molecule has 0 N–H and O–H groups in total. The maximum Gasteiger partial charge on any atom is 0.132 e. The fourth-order valence-corrected chi connectivity index (χ4v) is 15.5. The highest BCUT2D eigenvalue weighted by molar-refractivity contribution is 7.99. The Morgan fingerprint density at radius 3 is 1.60 bits per heavy atom. The highest BCUT2D eigenvalue weighted by Crippen LogP contribution is 2.66. The molecule has 1 aromatic heterocycles. The van der Waals surface area contributed by atoms with E-state index in [-0.39, 0.29) is 0 Å². The van der Waals surface area contributed by atoms with Crippen LogP contribution in [0, 0.1) is 0 Å². The Morgan fingerprint density at radius 2 is 0.861 bits per heavy atom. The van der Waals surface area contributed by atoms with Gasteiger partial charge in [-0.25, -0.2) is 0 Å². The van der Waals surface area contributed by atoms with Crippen LogP contribution in [0.2, 0.25) is 0 Å². The molecule has 2 spiro atoms. The highest BCUT2D eigenvalue weighted by atomic mass is 32.2. The van der Waals surface area contributed by atoms with Gasteiger partial charge in [-0.2, -0.15) is 0 Å². The predicted molar refractivity (Wildman–Crippen MR) is 298 cm³/mol. The minimum atomic E-state index is -0.606. The number of rotatable bonds is 4. The lowest BCUT2D eigenvalue weighted by atomic mass is 9.66. The summed E-state index contributed by atoms with van der Waals surface area (Å²) in [5, 5.41) is 2.63. The topological polar surface area (TPSA) is 12.5 Å². The van der Waals surface area contributed by atoms with Crippen molar-refractivity contribution in [2.45, 2.75) is 20.6 Å². The number of hydrogen-bond donors (Lipinski definition) is 0. The Balaban J connectivity index is 0.960. The number of hydrogen-bond acceptors (Lipinski definition) is 4. The van der Waals surface area contributed by atoms with E-state index in [4.69, 9.17) is 4.74 Å². The fourth-order valence-electron chi connectivity index (χ4n) is 13.2. The van der Waals surface area contributed by atoms with Gasteiger partial charge in [-0.05, 0) is 128 Å². The molecule has 4 aliphatic rings. The van der Waals surface area contributed by atoms with Crippen molar-refractivity contribution in [1.29, 1.82) is 0 Å². The smallest absolute Gasteiger partial charge is 0.132 e. The average molecular weight is 952 g/mol. The molecule has 2 aliphatic carbocycles. The second-order valence-electron chi connectivity index (χ2n) is 19.4. The third-order valence-corrected chi connectivity index (χ3v) is 18.3. The molecule has 12 aromatic rings. The second-order valence-corrected chi connectivity index (χ2v) is 21.6. The number of fused-ring (bicyclic) bond motifs is 21. The van der Waals surface area contributed by atoms with Gasteiger partial charge in [0.2, 0.25) is 0 Å². The van der Waals surface area contributed by atoms with Gasteiger partial charge >= 0.3 is 0 Å². The zero-order valence-corrected chi connectivity index (χ0v) is 40.5. The van der Waals surface area contributed by atoms with Crippen LogP contribution in [0.5, 0.6) is 11.5 Å². The third kappa shape index (κ3) is 5.30. The zero-order chi connectivity index (χ0) is 47.1. The SMILES string of the molecule is c1ccc2c(c1)Oc1ccccc1C21c2ccccc2-c2c(N(c3ccc(-c4ccc5c(c4)sc4ccccc45)cc3)c3ccc4c(c3)C3(c5ccccc5Sc5ccccc53)c3ccccc3-4)cccc21. The molecular weight excluding hydrogens is 911 g/mol. The first-order valence-corrected chi connectivity index (χ1v) is 26.4. The van der Waals surface area contributed by atoms with E-state index >= 15 is 0 Å². The first kappa shape index (κ1) is 40.3. The Hall–Kier alpha value is -8.41. The molecule has 2 nitrogen and oxygen atoms in total. The van der Waals surface area contributed by atoms with E-state index in [1.165, 1.54) is 96.7 Å². The van der Waals surface area contributed by atoms with E-state index in [1.807, 2.05) is 23.1 Å². The van der Waals surface area contributed by atoms with E-state index in [1.54, 1.807) is 0 Å². The van der Waals surface area contributed by atoms with Crippen LogP contribution in [-0.4, -0.2) is 0 Å². The second kappa shape index (κ2) is 15.1. The molecule has 4 heteroatoms. The minimum Gasteiger partial charge on any atom is -0.457 e. The predicted octanol–water partition coefficient (Wildman–Crippen LogP) is 18.5. The van der Waals surface area contributed by atoms with Gasteiger partial charge in [-0.15, -0.1) is 11.3 Å². The molecule has 3 heterocycles. The number of nitrogens with zero attached hydrogens (tertiary/aromatic N) is 1. The summed E-state index contributed by atoms with van der Waals surface area (Å²) in [7, 11) is 0. The molecule has 0 bridgehead atoms. The van der Waals surface area contributed by atoms with Gasteiger partial charge in [0.05, 0.1) is 16.5 Å². The van der Waals surface area contributed by atoms with Crippen LogP contribution in [0.4, 0.5) is 17.1 Å². The Morgan fingerprint density at radius 1 is 0.333 bits per heavy atom. The Bertz CT molecular complexity index is 4170. The lowest BCUT2D eigenvalue weighted by molar-refractivity contribution is 0.436. The van der Waals surface area contributed by atoms with Gasteiger partial charge in [0, 0.05) is 58.0 Å². The first-order chi connectivity index (χ1) is 35.7. The minimum absolute atomic E-state index is 0.522. The van der Waals surface area contributed by atoms with Crippen LogP contribution in [0.3, 0.4) is 0 Å². The molecule has 0 saturated carbocycles. The summed E-state index contributed by atoms with van der Waals surface area (Å²) in [4.78, 5) is 5.13. The standard InChI is InChI=1S/C68H41NOS2/c1-4-19-51-46(16-1)47-39-37-45(41-58(47)68(51)55-23-8-13-30-63(55)72-64-31-14-9-24-56(64)68)69(44-35-32-42(33-36-44)43-34-38-49-48-17-3-12-29-62(48)71-65(49)40-43)59-26-15-25-57-66(59)50-18-2-5-20-52(50)67(57)53-21-6-10-27-60(53)70-61-28-11-7-22-54(61)67/h1-41H. The molecule has 336 valence electrons. The quantitative estimate of drug-likeness (QED) is 0.174. The molecule has 11 aromatic carbocycles. The number of para-hydroxylation sites is 2. The van der Waals surface area contributed by atoms with Crippen molar-refractivity contribution in [3.63, 3.8) is 0 Å². The lowest BCUT2D eigenvalue weighted by Crippen LogP contribution is -2.32. The summed E-state index contributed by atoms with van der Waals surface area (Å²) < 4.78 is 9.39. The summed E-state index contributed by atoms with van der Waals surface area (Å²) in [6, 6.07) is 92.9. The summed E-state index contributed by atoms with van der Waals surface area (Å²) in [6.45, 7) is 0. The van der Waals surface area contributed by atoms with Crippen LogP contribution >= 0.6 is 23.1 Å². The van der Waals surface area contributed by atoms with E-state index < -0.39 is 10.8 Å². The lowest BCUT2D eigenvalue weighted by Gasteiger charge is -2.40. The van der Waals surface area contributed by atoms with Crippen molar-refractivity contribution in [3.8, 4) is 44.9 Å². The largest absolute Gasteiger partial charge is 0.457 e. The molecule has 0 amide bonds. The van der Waals surface area contributed by atoms with Gasteiger partial charge < -0.3 is 9.64 Å². The van der Waals surface area contributed by atoms with Crippen molar-refractivity contribution in [2.24, 2.45) is 0 Å². The van der Waals surface area contributed by atoms with Gasteiger partial charge in [0.15, 0.2) is 0 Å². The normalized spacial score (nSPS) is 14.4. The Labute approximate surface area is 426 Å².